The minimum atomic E-state index is -4.08. The number of nitrogens with one attached hydrogen (secondary N) is 1. The van der Waals surface area contributed by atoms with Crippen molar-refractivity contribution in [3.8, 4) is 0 Å². The maximum Gasteiger partial charge on any atom is 0.264 e. The van der Waals surface area contributed by atoms with E-state index in [1.165, 1.54) is 4.90 Å². The fraction of sp³-hybridized carbons (Fsp3) is 0.355. The Kier molecular flexibility index (Phi) is 10.3. The SMILES string of the molecule is CC[C@H](C(=O)N[C@@H](C)CC)N(Cc1ccccc1)C(=O)CN(c1cccc(C)c1)S(=O)(=O)c1ccc(C)cc1. The third kappa shape index (κ3) is 7.69. The highest BCUT2D eigenvalue weighted by Gasteiger charge is 2.34. The lowest BCUT2D eigenvalue weighted by molar-refractivity contribution is -0.140. The molecule has 0 bridgehead atoms. The second-order valence-electron chi connectivity index (χ2n) is 9.91. The molecule has 3 aromatic carbocycles. The monoisotopic (exact) mass is 549 g/mol. The Morgan fingerprint density at radius 1 is 0.846 bits per heavy atom. The van der Waals surface area contributed by atoms with Crippen molar-refractivity contribution in [2.45, 2.75) is 71.0 Å². The van der Waals surface area contributed by atoms with E-state index < -0.39 is 28.5 Å². The van der Waals surface area contributed by atoms with E-state index in [-0.39, 0.29) is 23.4 Å². The first-order chi connectivity index (χ1) is 18.6. The molecule has 39 heavy (non-hydrogen) atoms. The van der Waals surface area contributed by atoms with Crippen LogP contribution in [0.15, 0.2) is 83.8 Å². The van der Waals surface area contributed by atoms with Crippen molar-refractivity contribution in [2.24, 2.45) is 0 Å². The lowest BCUT2D eigenvalue weighted by Crippen LogP contribution is -2.53. The van der Waals surface area contributed by atoms with Crippen LogP contribution in [0.1, 0.15) is 50.3 Å². The van der Waals surface area contributed by atoms with Gasteiger partial charge in [-0.25, -0.2) is 8.42 Å². The molecule has 2 atom stereocenters. The summed E-state index contributed by atoms with van der Waals surface area (Å²) in [4.78, 5) is 28.9. The minimum absolute atomic E-state index is 0.0501. The molecule has 0 heterocycles. The van der Waals surface area contributed by atoms with Crippen molar-refractivity contribution in [1.29, 1.82) is 0 Å². The van der Waals surface area contributed by atoms with Crippen LogP contribution in [-0.4, -0.2) is 43.8 Å². The minimum Gasteiger partial charge on any atom is -0.352 e. The summed E-state index contributed by atoms with van der Waals surface area (Å²) in [6, 6.07) is 22.2. The Morgan fingerprint density at radius 2 is 1.51 bits per heavy atom. The van der Waals surface area contributed by atoms with Crippen LogP contribution in [0.2, 0.25) is 0 Å². The van der Waals surface area contributed by atoms with E-state index in [0.29, 0.717) is 12.1 Å². The quantitative estimate of drug-likeness (QED) is 0.336. The summed E-state index contributed by atoms with van der Waals surface area (Å²) in [7, 11) is -4.08. The summed E-state index contributed by atoms with van der Waals surface area (Å²) < 4.78 is 29.0. The van der Waals surface area contributed by atoms with E-state index in [1.807, 2.05) is 71.0 Å². The van der Waals surface area contributed by atoms with Gasteiger partial charge in [-0.2, -0.15) is 0 Å². The Balaban J connectivity index is 2.04. The average molecular weight is 550 g/mol. The molecule has 0 spiro atoms. The van der Waals surface area contributed by atoms with Gasteiger partial charge >= 0.3 is 0 Å². The lowest BCUT2D eigenvalue weighted by atomic mass is 10.1. The van der Waals surface area contributed by atoms with Crippen molar-refractivity contribution in [3.63, 3.8) is 0 Å². The van der Waals surface area contributed by atoms with Crippen LogP contribution in [-0.2, 0) is 26.2 Å². The van der Waals surface area contributed by atoms with Crippen LogP contribution in [0.3, 0.4) is 0 Å². The fourth-order valence-electron chi connectivity index (χ4n) is 4.29. The van der Waals surface area contributed by atoms with Crippen LogP contribution >= 0.6 is 0 Å². The molecule has 0 saturated heterocycles. The Morgan fingerprint density at radius 3 is 2.10 bits per heavy atom. The topological polar surface area (TPSA) is 86.8 Å². The summed E-state index contributed by atoms with van der Waals surface area (Å²) >= 11 is 0. The normalized spacial score (nSPS) is 12.8. The molecule has 7 nitrogen and oxygen atoms in total. The van der Waals surface area contributed by atoms with Gasteiger partial charge in [-0.15, -0.1) is 0 Å². The molecule has 0 aliphatic rings. The molecule has 0 aliphatic carbocycles. The van der Waals surface area contributed by atoms with E-state index in [9.17, 15) is 18.0 Å². The lowest BCUT2D eigenvalue weighted by Gasteiger charge is -2.33. The number of anilines is 1. The van der Waals surface area contributed by atoms with Crippen LogP contribution < -0.4 is 9.62 Å². The predicted octanol–water partition coefficient (Wildman–Crippen LogP) is 5.22. The molecule has 1 N–H and O–H groups in total. The van der Waals surface area contributed by atoms with Crippen LogP contribution in [0.25, 0.3) is 0 Å². The van der Waals surface area contributed by atoms with Gasteiger partial charge in [0.1, 0.15) is 12.6 Å². The van der Waals surface area contributed by atoms with Gasteiger partial charge in [0.2, 0.25) is 11.8 Å². The molecule has 0 aromatic heterocycles. The summed E-state index contributed by atoms with van der Waals surface area (Å²) in [5.74, 6) is -0.707. The molecule has 8 heteroatoms. The highest BCUT2D eigenvalue weighted by Crippen LogP contribution is 2.26. The van der Waals surface area contributed by atoms with E-state index in [4.69, 9.17) is 0 Å². The first kappa shape index (κ1) is 29.9. The van der Waals surface area contributed by atoms with Gasteiger partial charge in [-0.05, 0) is 69.0 Å². The zero-order valence-corrected chi connectivity index (χ0v) is 24.2. The number of amides is 2. The number of rotatable bonds is 12. The molecule has 0 aliphatic heterocycles. The van der Waals surface area contributed by atoms with E-state index in [1.54, 1.807) is 42.5 Å². The highest BCUT2D eigenvalue weighted by molar-refractivity contribution is 7.92. The van der Waals surface area contributed by atoms with Crippen molar-refractivity contribution in [3.05, 3.63) is 95.6 Å². The summed E-state index contributed by atoms with van der Waals surface area (Å²) in [6.45, 7) is 9.24. The number of nitrogens with zero attached hydrogens (tertiary/aromatic N) is 2. The van der Waals surface area contributed by atoms with Crippen LogP contribution in [0, 0.1) is 13.8 Å². The molecule has 2 amide bonds. The second-order valence-corrected chi connectivity index (χ2v) is 11.8. The first-order valence-corrected chi connectivity index (χ1v) is 14.8. The number of carbonyl (C=O) groups is 2. The average Bonchev–Trinajstić information content (AvgIpc) is 2.92. The Labute approximate surface area is 232 Å². The van der Waals surface area contributed by atoms with Gasteiger partial charge in [0.15, 0.2) is 0 Å². The van der Waals surface area contributed by atoms with Crippen LogP contribution in [0.4, 0.5) is 5.69 Å². The highest BCUT2D eigenvalue weighted by atomic mass is 32.2. The van der Waals surface area contributed by atoms with Crippen LogP contribution in [0.5, 0.6) is 0 Å². The van der Waals surface area contributed by atoms with E-state index >= 15 is 0 Å². The second kappa shape index (κ2) is 13.4. The van der Waals surface area contributed by atoms with E-state index in [0.717, 1.165) is 27.4 Å². The smallest absolute Gasteiger partial charge is 0.264 e. The third-order valence-electron chi connectivity index (χ3n) is 6.76. The van der Waals surface area contributed by atoms with Gasteiger partial charge in [-0.3, -0.25) is 13.9 Å². The number of sulfonamides is 1. The molecule has 3 aromatic rings. The maximum absolute atomic E-state index is 14.0. The summed E-state index contributed by atoms with van der Waals surface area (Å²) in [5.41, 5.74) is 3.04. The molecule has 0 radical (unpaired) electrons. The number of carbonyl (C=O) groups excluding carboxylic acids is 2. The van der Waals surface area contributed by atoms with Gasteiger partial charge in [0, 0.05) is 12.6 Å². The van der Waals surface area contributed by atoms with Gasteiger partial charge in [-0.1, -0.05) is 74.0 Å². The molecular formula is C31H39N3O4S. The van der Waals surface area contributed by atoms with Crippen molar-refractivity contribution in [2.75, 3.05) is 10.8 Å². The van der Waals surface area contributed by atoms with Crippen molar-refractivity contribution >= 4 is 27.5 Å². The molecule has 0 fully saturated rings. The number of benzene rings is 3. The molecule has 0 saturated carbocycles. The number of aryl methyl sites for hydroxylation is 2. The first-order valence-electron chi connectivity index (χ1n) is 13.4. The van der Waals surface area contributed by atoms with E-state index in [2.05, 4.69) is 5.32 Å². The molecular weight excluding hydrogens is 510 g/mol. The molecule has 208 valence electrons. The zero-order chi connectivity index (χ0) is 28.6. The molecule has 3 rings (SSSR count). The number of hydrogen-bond donors (Lipinski definition) is 1. The van der Waals surface area contributed by atoms with Gasteiger partial charge < -0.3 is 10.2 Å². The maximum atomic E-state index is 14.0. The predicted molar refractivity (Wildman–Crippen MR) is 156 cm³/mol. The Hall–Kier alpha value is -3.65. The summed E-state index contributed by atoms with van der Waals surface area (Å²) in [5, 5.41) is 2.99. The van der Waals surface area contributed by atoms with Crippen molar-refractivity contribution < 1.29 is 18.0 Å². The summed E-state index contributed by atoms with van der Waals surface area (Å²) in [6.07, 6.45) is 1.14. The third-order valence-corrected chi connectivity index (χ3v) is 8.55. The standard InChI is InChI=1S/C31H39N3O4S/c1-6-25(5)32-31(36)29(7-2)33(21-26-13-9-8-10-14-26)30(35)22-34(27-15-11-12-24(4)20-27)39(37,38)28-18-16-23(3)17-19-28/h8-20,25,29H,6-7,21-22H2,1-5H3,(H,32,36)/t25-,29+/m0/s1. The molecule has 0 unspecified atom stereocenters. The zero-order valence-electron chi connectivity index (χ0n) is 23.4. The largest absolute Gasteiger partial charge is 0.352 e. The van der Waals surface area contributed by atoms with Gasteiger partial charge in [0.05, 0.1) is 10.6 Å². The Bertz CT molecular complexity index is 1360. The fourth-order valence-corrected chi connectivity index (χ4v) is 5.70. The van der Waals surface area contributed by atoms with Crippen molar-refractivity contribution in [1.82, 2.24) is 10.2 Å². The number of hydrogen-bond acceptors (Lipinski definition) is 4. The van der Waals surface area contributed by atoms with Gasteiger partial charge in [0.25, 0.3) is 10.0 Å².